The molecule has 1 saturated heterocycles. The fraction of sp³-hybridized carbons (Fsp3) is 1.00. The maximum absolute atomic E-state index is 2.70. The molecule has 0 spiro atoms. The minimum absolute atomic E-state index is 0.739. The topological polar surface area (TPSA) is 6.48 Å². The summed E-state index contributed by atoms with van der Waals surface area (Å²) in [6.07, 6.45) is 6.60. The van der Waals surface area contributed by atoms with Crippen LogP contribution in [0.3, 0.4) is 0 Å². The lowest BCUT2D eigenvalue weighted by Gasteiger charge is -2.41. The second kappa shape index (κ2) is 7.29. The van der Waals surface area contributed by atoms with Crippen LogP contribution in [0.5, 0.6) is 0 Å². The van der Waals surface area contributed by atoms with Gasteiger partial charge in [-0.3, -0.25) is 0 Å². The standard InChI is InChI=1S/C12H27BN2/c1-4-8-13-14(9-5-2)11-7-12-15(13)10-6-3/h4-12H2,1-3H3. The molecule has 3 heteroatoms. The summed E-state index contributed by atoms with van der Waals surface area (Å²) in [5.74, 6) is 0. The van der Waals surface area contributed by atoms with Crippen LogP contribution in [0, 0.1) is 0 Å². The Bertz CT molecular complexity index is 146. The zero-order chi connectivity index (χ0) is 11.1. The first-order valence-electron chi connectivity index (χ1n) is 6.81. The zero-order valence-corrected chi connectivity index (χ0v) is 10.8. The third-order valence-corrected chi connectivity index (χ3v) is 3.30. The molecule has 0 atom stereocenters. The first-order valence-corrected chi connectivity index (χ1v) is 6.81. The molecule has 2 nitrogen and oxygen atoms in total. The predicted molar refractivity (Wildman–Crippen MR) is 69.2 cm³/mol. The number of hydrogen-bond donors (Lipinski definition) is 0. The number of rotatable bonds is 6. The number of hydrogen-bond acceptors (Lipinski definition) is 2. The van der Waals surface area contributed by atoms with E-state index in [1.165, 1.54) is 58.2 Å². The van der Waals surface area contributed by atoms with E-state index in [9.17, 15) is 0 Å². The van der Waals surface area contributed by atoms with E-state index in [0.29, 0.717) is 0 Å². The summed E-state index contributed by atoms with van der Waals surface area (Å²) < 4.78 is 0. The highest BCUT2D eigenvalue weighted by Crippen LogP contribution is 2.16. The van der Waals surface area contributed by atoms with Gasteiger partial charge in [-0.2, -0.15) is 0 Å². The summed E-state index contributed by atoms with van der Waals surface area (Å²) in [5, 5.41) is 0. The predicted octanol–water partition coefficient (Wildman–Crippen LogP) is 2.71. The molecule has 0 saturated carbocycles. The van der Waals surface area contributed by atoms with Gasteiger partial charge in [0.2, 0.25) is 0 Å². The van der Waals surface area contributed by atoms with E-state index in [0.717, 1.165) is 6.98 Å². The second-order valence-electron chi connectivity index (χ2n) is 4.69. The van der Waals surface area contributed by atoms with Crippen molar-refractivity contribution in [3.8, 4) is 0 Å². The normalized spacial score (nSPS) is 19.8. The lowest BCUT2D eigenvalue weighted by atomic mass is 9.64. The molecule has 0 aliphatic carbocycles. The van der Waals surface area contributed by atoms with E-state index in [1.54, 1.807) is 0 Å². The minimum Gasteiger partial charge on any atom is -0.328 e. The van der Waals surface area contributed by atoms with E-state index < -0.39 is 0 Å². The minimum atomic E-state index is 0.739. The van der Waals surface area contributed by atoms with Crippen molar-refractivity contribution in [3.05, 3.63) is 0 Å². The summed E-state index contributed by atoms with van der Waals surface area (Å²) in [4.78, 5) is 5.39. The first-order chi connectivity index (χ1) is 7.33. The van der Waals surface area contributed by atoms with Crippen LogP contribution in [-0.2, 0) is 0 Å². The van der Waals surface area contributed by atoms with Crippen LogP contribution >= 0.6 is 0 Å². The van der Waals surface area contributed by atoms with Crippen LogP contribution in [0.1, 0.15) is 46.5 Å². The van der Waals surface area contributed by atoms with Crippen molar-refractivity contribution in [2.45, 2.75) is 52.8 Å². The molecular weight excluding hydrogens is 183 g/mol. The highest BCUT2D eigenvalue weighted by atomic mass is 15.2. The third kappa shape index (κ3) is 3.80. The summed E-state index contributed by atoms with van der Waals surface area (Å²) in [6.45, 7) is 12.8. The van der Waals surface area contributed by atoms with Gasteiger partial charge in [0.05, 0.1) is 0 Å². The van der Waals surface area contributed by atoms with Crippen LogP contribution in [0.2, 0.25) is 6.32 Å². The molecule has 0 N–H and O–H groups in total. The van der Waals surface area contributed by atoms with Crippen LogP contribution in [-0.4, -0.2) is 42.8 Å². The molecule has 0 unspecified atom stereocenters. The van der Waals surface area contributed by atoms with E-state index in [-0.39, 0.29) is 0 Å². The van der Waals surface area contributed by atoms with Gasteiger partial charge in [-0.05, 0) is 51.8 Å². The Balaban J connectivity index is 2.53. The van der Waals surface area contributed by atoms with Gasteiger partial charge in [-0.1, -0.05) is 27.2 Å². The van der Waals surface area contributed by atoms with Crippen LogP contribution in [0.15, 0.2) is 0 Å². The van der Waals surface area contributed by atoms with Crippen LogP contribution < -0.4 is 0 Å². The Labute approximate surface area is 96.1 Å². The smallest absolute Gasteiger partial charge is 0.310 e. The van der Waals surface area contributed by atoms with Crippen molar-refractivity contribution in [1.29, 1.82) is 0 Å². The molecule has 0 bridgehead atoms. The Kier molecular flexibility index (Phi) is 6.34. The molecule has 1 rings (SSSR count). The van der Waals surface area contributed by atoms with Crippen LogP contribution in [0.4, 0.5) is 0 Å². The maximum Gasteiger partial charge on any atom is 0.310 e. The van der Waals surface area contributed by atoms with Crippen molar-refractivity contribution in [3.63, 3.8) is 0 Å². The van der Waals surface area contributed by atoms with E-state index in [4.69, 9.17) is 0 Å². The molecule has 0 aromatic rings. The lowest BCUT2D eigenvalue weighted by Crippen LogP contribution is -2.57. The van der Waals surface area contributed by atoms with E-state index >= 15 is 0 Å². The highest BCUT2D eigenvalue weighted by Gasteiger charge is 2.31. The molecule has 1 aliphatic rings. The Hall–Kier alpha value is -0.0151. The maximum atomic E-state index is 2.70. The van der Waals surface area contributed by atoms with Gasteiger partial charge in [0, 0.05) is 0 Å². The van der Waals surface area contributed by atoms with Crippen LogP contribution in [0.25, 0.3) is 0 Å². The summed E-state index contributed by atoms with van der Waals surface area (Å²) in [6, 6.07) is 0. The van der Waals surface area contributed by atoms with Gasteiger partial charge >= 0.3 is 6.98 Å². The Morgan fingerprint density at radius 2 is 1.40 bits per heavy atom. The van der Waals surface area contributed by atoms with Crippen molar-refractivity contribution >= 4 is 6.98 Å². The summed E-state index contributed by atoms with van der Waals surface area (Å²) >= 11 is 0. The van der Waals surface area contributed by atoms with E-state index in [1.807, 2.05) is 0 Å². The molecule has 0 aromatic heterocycles. The van der Waals surface area contributed by atoms with E-state index in [2.05, 4.69) is 30.4 Å². The van der Waals surface area contributed by atoms with Crippen molar-refractivity contribution in [2.75, 3.05) is 26.2 Å². The molecule has 0 amide bonds. The monoisotopic (exact) mass is 210 g/mol. The van der Waals surface area contributed by atoms with Gasteiger partial charge in [0.25, 0.3) is 0 Å². The van der Waals surface area contributed by atoms with Gasteiger partial charge < -0.3 is 9.62 Å². The fourth-order valence-corrected chi connectivity index (χ4v) is 2.73. The molecule has 0 radical (unpaired) electrons. The average Bonchev–Trinajstić information content (AvgIpc) is 2.23. The molecule has 1 heterocycles. The van der Waals surface area contributed by atoms with Crippen molar-refractivity contribution < 1.29 is 0 Å². The average molecular weight is 210 g/mol. The van der Waals surface area contributed by atoms with Crippen molar-refractivity contribution in [2.24, 2.45) is 0 Å². The fourth-order valence-electron chi connectivity index (χ4n) is 2.73. The summed E-state index contributed by atoms with van der Waals surface area (Å²) in [5.41, 5.74) is 0. The van der Waals surface area contributed by atoms with Gasteiger partial charge in [-0.15, -0.1) is 0 Å². The summed E-state index contributed by atoms with van der Waals surface area (Å²) in [7, 11) is 0. The quantitative estimate of drug-likeness (QED) is 0.622. The van der Waals surface area contributed by atoms with Gasteiger partial charge in [-0.25, -0.2) is 0 Å². The van der Waals surface area contributed by atoms with Crippen molar-refractivity contribution in [1.82, 2.24) is 9.62 Å². The van der Waals surface area contributed by atoms with Gasteiger partial charge in [0.1, 0.15) is 0 Å². The first kappa shape index (κ1) is 13.1. The molecule has 1 fully saturated rings. The third-order valence-electron chi connectivity index (χ3n) is 3.30. The van der Waals surface area contributed by atoms with Gasteiger partial charge in [0.15, 0.2) is 0 Å². The SMILES string of the molecule is CCCB1N(CCC)CCCN1CCC. The molecule has 1 aliphatic heterocycles. The number of nitrogens with zero attached hydrogens (tertiary/aromatic N) is 2. The second-order valence-corrected chi connectivity index (χ2v) is 4.69. The lowest BCUT2D eigenvalue weighted by molar-refractivity contribution is 0.278. The Morgan fingerprint density at radius 1 is 0.867 bits per heavy atom. The molecule has 88 valence electrons. The zero-order valence-electron chi connectivity index (χ0n) is 10.8. The molecule has 0 aromatic carbocycles. The molecule has 15 heavy (non-hydrogen) atoms. The Morgan fingerprint density at radius 3 is 1.80 bits per heavy atom. The largest absolute Gasteiger partial charge is 0.328 e. The highest BCUT2D eigenvalue weighted by molar-refractivity contribution is 6.52. The molecular formula is C12H27BN2.